The Morgan fingerprint density at radius 3 is 2.66 bits per heavy atom. The van der Waals surface area contributed by atoms with Gasteiger partial charge in [0.2, 0.25) is 11.8 Å². The topological polar surface area (TPSA) is 131 Å². The smallest absolute Gasteiger partial charge is 0.278 e. The molecule has 1 saturated heterocycles. The van der Waals surface area contributed by atoms with Crippen LogP contribution in [0.5, 0.6) is 16.7 Å². The molecule has 1 saturated carbocycles. The Bertz CT molecular complexity index is 1830. The number of nitrogens with zero attached hydrogens (tertiary/aromatic N) is 2. The van der Waals surface area contributed by atoms with Crippen molar-refractivity contribution in [2.45, 2.75) is 68.7 Å². The van der Waals surface area contributed by atoms with Gasteiger partial charge in [-0.3, -0.25) is 14.4 Å². The highest BCUT2D eigenvalue weighted by atomic mass is 32.1. The molecule has 4 aromatic rings. The highest BCUT2D eigenvalue weighted by Crippen LogP contribution is 2.45. The number of benzene rings is 3. The molecule has 0 spiro atoms. The summed E-state index contributed by atoms with van der Waals surface area (Å²) in [6.45, 7) is 0.197. The second-order valence-corrected chi connectivity index (χ2v) is 14.0. The van der Waals surface area contributed by atoms with Gasteiger partial charge in [-0.1, -0.05) is 72.7 Å². The maximum absolute atomic E-state index is 14.5. The zero-order chi connectivity index (χ0) is 34.5. The standard InChI is InChI=1S/C38H41N5O6S/c1-47-28-17-12-14-26(21-28)39-31-19-9-4-2-3-6-13-25-23-38(25,36(46)42-49-27-15-7-5-8-16-27)41-34(44)32-22-29(24-43(32)35(31)45)48-37-40-30-18-10-11-20-33(30)50-37/h5-8,10-18,20-21,25,29,31-32,39H,2-4,9,19,22-24H2,1H3,(H,41,44)(H,42,46)/t25-,29-,31+,32+,38-/m1/s1. The number of hydroxylamine groups is 1. The van der Waals surface area contributed by atoms with Crippen molar-refractivity contribution in [1.82, 2.24) is 20.7 Å². The normalized spacial score (nSPS) is 25.3. The molecule has 2 fully saturated rings. The van der Waals surface area contributed by atoms with Crippen LogP contribution in [0, 0.1) is 5.92 Å². The van der Waals surface area contributed by atoms with E-state index in [1.54, 1.807) is 24.1 Å². The Kier molecular flexibility index (Phi) is 9.88. The van der Waals surface area contributed by atoms with Gasteiger partial charge >= 0.3 is 0 Å². The van der Waals surface area contributed by atoms with Crippen LogP contribution in [0.2, 0.25) is 0 Å². The van der Waals surface area contributed by atoms with E-state index in [0.717, 1.165) is 41.6 Å². The zero-order valence-electron chi connectivity index (χ0n) is 27.9. The third-order valence-electron chi connectivity index (χ3n) is 9.60. The predicted octanol–water partition coefficient (Wildman–Crippen LogP) is 5.64. The molecule has 1 aromatic heterocycles. The fourth-order valence-corrected chi connectivity index (χ4v) is 7.69. The number of aromatic nitrogens is 1. The molecule has 7 rings (SSSR count). The second kappa shape index (κ2) is 14.8. The van der Waals surface area contributed by atoms with E-state index in [0.29, 0.717) is 29.5 Å². The number of nitrogens with one attached hydrogen (secondary N) is 3. The van der Waals surface area contributed by atoms with Crippen molar-refractivity contribution in [2.24, 2.45) is 5.92 Å². The first-order valence-electron chi connectivity index (χ1n) is 17.2. The lowest BCUT2D eigenvalue weighted by Crippen LogP contribution is -2.57. The lowest BCUT2D eigenvalue weighted by Gasteiger charge is -2.30. The molecule has 0 bridgehead atoms. The van der Waals surface area contributed by atoms with Crippen LogP contribution in [-0.2, 0) is 14.4 Å². The Hall–Kier alpha value is -5.10. The SMILES string of the molecule is COc1cccc(N[C@H]2CCCCCC=C[C@@H]3C[C@@]3(C(=O)NOc3ccccc3)NC(=O)[C@@H]3C[C@@H](Oc4nc5ccccc5s4)CN3C2=O)c1. The molecule has 2 aliphatic heterocycles. The Morgan fingerprint density at radius 2 is 1.82 bits per heavy atom. The van der Waals surface area contributed by atoms with Gasteiger partial charge in [-0.25, -0.2) is 4.98 Å². The Morgan fingerprint density at radius 1 is 1.00 bits per heavy atom. The highest BCUT2D eigenvalue weighted by molar-refractivity contribution is 7.20. The molecular formula is C38H41N5O6S. The minimum Gasteiger partial charge on any atom is -0.497 e. The summed E-state index contributed by atoms with van der Waals surface area (Å²) in [5, 5.41) is 6.99. The molecular weight excluding hydrogens is 655 g/mol. The largest absolute Gasteiger partial charge is 0.497 e. The number of rotatable bonds is 8. The summed E-state index contributed by atoms with van der Waals surface area (Å²) < 4.78 is 12.8. The lowest BCUT2D eigenvalue weighted by atomic mass is 10.0. The van der Waals surface area contributed by atoms with Crippen molar-refractivity contribution >= 4 is 45.0 Å². The second-order valence-electron chi connectivity index (χ2n) is 13.0. The molecule has 5 atom stereocenters. The van der Waals surface area contributed by atoms with Crippen molar-refractivity contribution in [1.29, 1.82) is 0 Å². The summed E-state index contributed by atoms with van der Waals surface area (Å²) in [6.07, 6.45) is 8.41. The third kappa shape index (κ3) is 7.40. The molecule has 3 aliphatic rings. The van der Waals surface area contributed by atoms with Crippen molar-refractivity contribution < 1.29 is 28.7 Å². The van der Waals surface area contributed by atoms with Crippen molar-refractivity contribution in [3.63, 3.8) is 0 Å². The number of carbonyl (C=O) groups is 3. The lowest BCUT2D eigenvalue weighted by molar-refractivity contribution is -0.141. The molecule has 3 N–H and O–H groups in total. The van der Waals surface area contributed by atoms with E-state index in [1.807, 2.05) is 72.8 Å². The minimum atomic E-state index is -1.21. The molecule has 0 radical (unpaired) electrons. The Balaban J connectivity index is 1.16. The molecule has 50 heavy (non-hydrogen) atoms. The minimum absolute atomic E-state index is 0.197. The van der Waals surface area contributed by atoms with Gasteiger partial charge in [-0.2, -0.15) is 5.48 Å². The van der Waals surface area contributed by atoms with Crippen LogP contribution in [0.15, 0.2) is 91.0 Å². The summed E-state index contributed by atoms with van der Waals surface area (Å²) >= 11 is 1.43. The van der Waals surface area contributed by atoms with Crippen molar-refractivity contribution in [2.75, 3.05) is 19.0 Å². The first kappa shape index (κ1) is 33.4. The predicted molar refractivity (Wildman–Crippen MR) is 191 cm³/mol. The molecule has 3 heterocycles. The number of hydrogen-bond donors (Lipinski definition) is 3. The van der Waals surface area contributed by atoms with Gasteiger partial charge in [-0.05, 0) is 62.1 Å². The van der Waals surface area contributed by atoms with Gasteiger partial charge in [0, 0.05) is 24.1 Å². The summed E-state index contributed by atoms with van der Waals surface area (Å²) in [5.41, 5.74) is 2.94. The van der Waals surface area contributed by atoms with Gasteiger partial charge < -0.3 is 29.8 Å². The number of hydrogen-bond acceptors (Lipinski definition) is 9. The molecule has 0 unspecified atom stereocenters. The average Bonchev–Trinajstić information content (AvgIpc) is 3.43. The number of ether oxygens (including phenoxy) is 2. The van der Waals surface area contributed by atoms with E-state index in [2.05, 4.69) is 27.2 Å². The van der Waals surface area contributed by atoms with Gasteiger partial charge in [0.05, 0.1) is 23.9 Å². The van der Waals surface area contributed by atoms with Gasteiger partial charge in [0.25, 0.3) is 11.1 Å². The van der Waals surface area contributed by atoms with E-state index in [4.69, 9.17) is 14.3 Å². The van der Waals surface area contributed by atoms with Crippen LogP contribution in [0.1, 0.15) is 44.9 Å². The van der Waals surface area contributed by atoms with E-state index >= 15 is 0 Å². The quantitative estimate of drug-likeness (QED) is 0.160. The van der Waals surface area contributed by atoms with Crippen molar-refractivity contribution in [3.05, 3.63) is 91.0 Å². The molecule has 260 valence electrons. The van der Waals surface area contributed by atoms with Crippen LogP contribution in [0.4, 0.5) is 5.69 Å². The van der Waals surface area contributed by atoms with E-state index in [-0.39, 0.29) is 24.8 Å². The average molecular weight is 696 g/mol. The number of thiazole rings is 1. The number of anilines is 1. The fourth-order valence-electron chi connectivity index (χ4n) is 6.81. The number of carbonyl (C=O) groups excluding carboxylic acids is 3. The van der Waals surface area contributed by atoms with Gasteiger partial charge in [0.1, 0.15) is 29.5 Å². The van der Waals surface area contributed by atoms with Crippen LogP contribution < -0.4 is 30.4 Å². The first-order valence-corrected chi connectivity index (χ1v) is 18.0. The molecule has 3 aromatic carbocycles. The van der Waals surface area contributed by atoms with Crippen LogP contribution in [-0.4, -0.2) is 65.0 Å². The zero-order valence-corrected chi connectivity index (χ0v) is 28.7. The van der Waals surface area contributed by atoms with Gasteiger partial charge in [-0.15, -0.1) is 0 Å². The fraction of sp³-hybridized carbons (Fsp3) is 0.368. The van der Waals surface area contributed by atoms with E-state index in [9.17, 15) is 14.4 Å². The van der Waals surface area contributed by atoms with E-state index < -0.39 is 35.5 Å². The van der Waals surface area contributed by atoms with E-state index in [1.165, 1.54) is 11.3 Å². The third-order valence-corrected chi connectivity index (χ3v) is 10.5. The summed E-state index contributed by atoms with van der Waals surface area (Å²) in [4.78, 5) is 54.4. The number of allylic oxidation sites excluding steroid dienone is 1. The monoisotopic (exact) mass is 695 g/mol. The maximum atomic E-state index is 14.5. The molecule has 1 aliphatic carbocycles. The van der Waals surface area contributed by atoms with Crippen molar-refractivity contribution in [3.8, 4) is 16.7 Å². The van der Waals surface area contributed by atoms with Gasteiger partial charge in [0.15, 0.2) is 5.75 Å². The number of para-hydroxylation sites is 2. The first-order chi connectivity index (χ1) is 24.4. The van der Waals surface area contributed by atoms with Crippen LogP contribution >= 0.6 is 11.3 Å². The summed E-state index contributed by atoms with van der Waals surface area (Å²) in [6, 6.07) is 22.7. The summed E-state index contributed by atoms with van der Waals surface area (Å²) in [5.74, 6) is -0.106. The number of methoxy groups -OCH3 is 1. The number of fused-ring (bicyclic) bond motifs is 3. The maximum Gasteiger partial charge on any atom is 0.278 e. The molecule has 11 nitrogen and oxygen atoms in total. The highest BCUT2D eigenvalue weighted by Gasteiger charge is 2.61. The number of amides is 3. The summed E-state index contributed by atoms with van der Waals surface area (Å²) in [7, 11) is 1.60. The molecule has 12 heteroatoms. The Labute approximate surface area is 295 Å². The molecule has 3 amide bonds. The van der Waals surface area contributed by atoms with Crippen LogP contribution in [0.25, 0.3) is 10.2 Å². The van der Waals surface area contributed by atoms with Crippen LogP contribution in [0.3, 0.4) is 0 Å².